The van der Waals surface area contributed by atoms with Gasteiger partial charge in [0.15, 0.2) is 6.61 Å². The van der Waals surface area contributed by atoms with Crippen molar-refractivity contribution in [2.24, 2.45) is 0 Å². The number of aryl methyl sites for hydroxylation is 1. The molecule has 1 N–H and O–H groups in total. The van der Waals surface area contributed by atoms with Crippen molar-refractivity contribution in [2.45, 2.75) is 6.92 Å². The van der Waals surface area contributed by atoms with E-state index in [4.69, 9.17) is 9.47 Å². The maximum absolute atomic E-state index is 12.4. The number of aromatic nitrogens is 1. The molecule has 3 rings (SSSR count). The van der Waals surface area contributed by atoms with Crippen molar-refractivity contribution in [2.75, 3.05) is 19.0 Å². The van der Waals surface area contributed by atoms with Gasteiger partial charge in [-0.05, 0) is 31.2 Å². The fraction of sp³-hybridized carbons (Fsp3) is 0.150. The van der Waals surface area contributed by atoms with E-state index in [2.05, 4.69) is 10.3 Å². The zero-order chi connectivity index (χ0) is 19.2. The first-order valence-electron chi connectivity index (χ1n) is 8.20. The molecule has 0 spiro atoms. The van der Waals surface area contributed by atoms with Crippen LogP contribution in [-0.4, -0.2) is 30.6 Å². The van der Waals surface area contributed by atoms with Crippen molar-refractivity contribution in [3.63, 3.8) is 0 Å². The summed E-state index contributed by atoms with van der Waals surface area (Å²) in [4.78, 5) is 29.3. The van der Waals surface area contributed by atoms with Gasteiger partial charge in [-0.3, -0.25) is 4.79 Å². The number of amides is 1. The molecule has 1 heterocycles. The van der Waals surface area contributed by atoms with Crippen LogP contribution in [0.1, 0.15) is 14.7 Å². The standard InChI is InChI=1S/C20H18N2O4S/c1-13-21-18(14-6-4-3-5-7-14)19(27-13)20(24)26-12-17(23)22-15-8-10-16(25-2)11-9-15/h3-11H,12H2,1-2H3,(H,22,23). The Morgan fingerprint density at radius 3 is 2.44 bits per heavy atom. The van der Waals surface area contributed by atoms with Gasteiger partial charge in [0.2, 0.25) is 0 Å². The maximum Gasteiger partial charge on any atom is 0.351 e. The molecule has 0 unspecified atom stereocenters. The third kappa shape index (κ3) is 4.71. The third-order valence-electron chi connectivity index (χ3n) is 3.67. The number of anilines is 1. The van der Waals surface area contributed by atoms with E-state index < -0.39 is 11.9 Å². The number of benzene rings is 2. The quantitative estimate of drug-likeness (QED) is 0.654. The molecule has 0 atom stereocenters. The van der Waals surface area contributed by atoms with E-state index in [-0.39, 0.29) is 6.61 Å². The van der Waals surface area contributed by atoms with Crippen LogP contribution < -0.4 is 10.1 Å². The Morgan fingerprint density at radius 2 is 1.78 bits per heavy atom. The Morgan fingerprint density at radius 1 is 1.07 bits per heavy atom. The predicted molar refractivity (Wildman–Crippen MR) is 104 cm³/mol. The monoisotopic (exact) mass is 382 g/mol. The number of hydrogen-bond donors (Lipinski definition) is 1. The number of thiazole rings is 1. The highest BCUT2D eigenvalue weighted by molar-refractivity contribution is 7.14. The van der Waals surface area contributed by atoms with E-state index in [0.29, 0.717) is 22.0 Å². The molecule has 1 amide bonds. The van der Waals surface area contributed by atoms with E-state index >= 15 is 0 Å². The second kappa shape index (κ2) is 8.46. The Bertz CT molecular complexity index is 936. The predicted octanol–water partition coefficient (Wildman–Crippen LogP) is 3.92. The summed E-state index contributed by atoms with van der Waals surface area (Å²) in [5.41, 5.74) is 1.99. The molecule has 0 bridgehead atoms. The van der Waals surface area contributed by atoms with Gasteiger partial charge in [0.25, 0.3) is 5.91 Å². The van der Waals surface area contributed by atoms with Crippen molar-refractivity contribution < 1.29 is 19.1 Å². The molecule has 0 radical (unpaired) electrons. The van der Waals surface area contributed by atoms with E-state index in [1.165, 1.54) is 11.3 Å². The molecule has 0 saturated carbocycles. The third-order valence-corrected chi connectivity index (χ3v) is 4.63. The van der Waals surface area contributed by atoms with E-state index in [0.717, 1.165) is 10.6 Å². The highest BCUT2D eigenvalue weighted by Crippen LogP contribution is 2.28. The smallest absolute Gasteiger partial charge is 0.351 e. The molecule has 3 aromatic rings. The number of nitrogens with zero attached hydrogens (tertiary/aromatic N) is 1. The summed E-state index contributed by atoms with van der Waals surface area (Å²) in [7, 11) is 1.57. The summed E-state index contributed by atoms with van der Waals surface area (Å²) in [6.07, 6.45) is 0. The molecule has 138 valence electrons. The molecule has 2 aromatic carbocycles. The maximum atomic E-state index is 12.4. The van der Waals surface area contributed by atoms with Gasteiger partial charge in [-0.1, -0.05) is 30.3 Å². The van der Waals surface area contributed by atoms with Gasteiger partial charge in [0.05, 0.1) is 17.8 Å². The second-order valence-electron chi connectivity index (χ2n) is 5.63. The summed E-state index contributed by atoms with van der Waals surface area (Å²) < 4.78 is 10.2. The van der Waals surface area contributed by atoms with E-state index in [9.17, 15) is 9.59 Å². The number of carbonyl (C=O) groups excluding carboxylic acids is 2. The molecule has 0 aliphatic rings. The molecule has 0 aliphatic carbocycles. The van der Waals surface area contributed by atoms with Gasteiger partial charge in [0.1, 0.15) is 10.6 Å². The largest absolute Gasteiger partial charge is 0.497 e. The highest BCUT2D eigenvalue weighted by Gasteiger charge is 2.20. The van der Waals surface area contributed by atoms with Gasteiger partial charge >= 0.3 is 5.97 Å². The van der Waals surface area contributed by atoms with Crippen LogP contribution in [0, 0.1) is 6.92 Å². The minimum atomic E-state index is -0.565. The summed E-state index contributed by atoms with van der Waals surface area (Å²) in [5, 5.41) is 3.42. The van der Waals surface area contributed by atoms with Crippen LogP contribution in [0.2, 0.25) is 0 Å². The topological polar surface area (TPSA) is 77.5 Å². The number of hydrogen-bond acceptors (Lipinski definition) is 6. The summed E-state index contributed by atoms with van der Waals surface area (Å²) in [6, 6.07) is 16.3. The number of nitrogens with one attached hydrogen (secondary N) is 1. The van der Waals surface area contributed by atoms with Crippen LogP contribution in [0.5, 0.6) is 5.75 Å². The summed E-state index contributed by atoms with van der Waals surface area (Å²) in [5.74, 6) is -0.297. The van der Waals surface area contributed by atoms with Crippen molar-refractivity contribution in [1.82, 2.24) is 4.98 Å². The van der Waals surface area contributed by atoms with Gasteiger partial charge in [-0.2, -0.15) is 0 Å². The first kappa shape index (κ1) is 18.6. The number of carbonyl (C=O) groups is 2. The average Bonchev–Trinajstić information content (AvgIpc) is 3.09. The second-order valence-corrected chi connectivity index (χ2v) is 6.83. The molecule has 0 aliphatic heterocycles. The van der Waals surface area contributed by atoms with Crippen LogP contribution in [0.4, 0.5) is 5.69 Å². The fourth-order valence-electron chi connectivity index (χ4n) is 2.43. The molecular formula is C20H18N2O4S. The lowest BCUT2D eigenvalue weighted by Crippen LogP contribution is -2.20. The Hall–Kier alpha value is -3.19. The first-order valence-corrected chi connectivity index (χ1v) is 9.02. The lowest BCUT2D eigenvalue weighted by molar-refractivity contribution is -0.119. The molecule has 0 saturated heterocycles. The molecular weight excluding hydrogens is 364 g/mol. The highest BCUT2D eigenvalue weighted by atomic mass is 32.1. The van der Waals surface area contributed by atoms with Crippen LogP contribution in [0.3, 0.4) is 0 Å². The minimum Gasteiger partial charge on any atom is -0.497 e. The molecule has 7 heteroatoms. The van der Waals surface area contributed by atoms with Crippen molar-refractivity contribution in [1.29, 1.82) is 0 Å². The Labute approximate surface area is 160 Å². The minimum absolute atomic E-state index is 0.379. The zero-order valence-electron chi connectivity index (χ0n) is 14.9. The lowest BCUT2D eigenvalue weighted by Gasteiger charge is -2.07. The van der Waals surface area contributed by atoms with Crippen LogP contribution in [0.25, 0.3) is 11.3 Å². The van der Waals surface area contributed by atoms with Crippen LogP contribution >= 0.6 is 11.3 Å². The normalized spacial score (nSPS) is 10.3. The SMILES string of the molecule is COc1ccc(NC(=O)COC(=O)c2sc(C)nc2-c2ccccc2)cc1. The number of rotatable bonds is 6. The Balaban J connectivity index is 1.63. The molecule has 0 fully saturated rings. The summed E-state index contributed by atoms with van der Waals surface area (Å²) in [6.45, 7) is 1.44. The van der Waals surface area contributed by atoms with Gasteiger partial charge in [0, 0.05) is 11.3 Å². The van der Waals surface area contributed by atoms with Crippen molar-refractivity contribution in [3.05, 3.63) is 64.5 Å². The fourth-order valence-corrected chi connectivity index (χ4v) is 3.26. The van der Waals surface area contributed by atoms with Crippen molar-refractivity contribution >= 4 is 28.9 Å². The average molecular weight is 382 g/mol. The molecule has 1 aromatic heterocycles. The number of ether oxygens (including phenoxy) is 2. The lowest BCUT2D eigenvalue weighted by atomic mass is 10.1. The van der Waals surface area contributed by atoms with Crippen LogP contribution in [0.15, 0.2) is 54.6 Å². The van der Waals surface area contributed by atoms with E-state index in [1.807, 2.05) is 37.3 Å². The van der Waals surface area contributed by atoms with Gasteiger partial charge in [-0.25, -0.2) is 9.78 Å². The van der Waals surface area contributed by atoms with Crippen LogP contribution in [-0.2, 0) is 9.53 Å². The van der Waals surface area contributed by atoms with Gasteiger partial charge in [-0.15, -0.1) is 11.3 Å². The van der Waals surface area contributed by atoms with E-state index in [1.54, 1.807) is 31.4 Å². The number of esters is 1. The Kier molecular flexibility index (Phi) is 5.83. The molecule has 27 heavy (non-hydrogen) atoms. The summed E-state index contributed by atoms with van der Waals surface area (Å²) >= 11 is 1.25. The van der Waals surface area contributed by atoms with Crippen molar-refractivity contribution in [3.8, 4) is 17.0 Å². The first-order chi connectivity index (χ1) is 13.1. The number of methoxy groups -OCH3 is 1. The zero-order valence-corrected chi connectivity index (χ0v) is 15.7. The van der Waals surface area contributed by atoms with Gasteiger partial charge < -0.3 is 14.8 Å². The molecule has 6 nitrogen and oxygen atoms in total.